The van der Waals surface area contributed by atoms with Gasteiger partial charge in [0.1, 0.15) is 0 Å². The summed E-state index contributed by atoms with van der Waals surface area (Å²) in [5.74, 6) is 0. The van der Waals surface area contributed by atoms with Crippen LogP contribution in [0.4, 0.5) is 17.1 Å². The largest absolute Gasteiger partial charge is 0.310 e. The summed E-state index contributed by atoms with van der Waals surface area (Å²) in [6.45, 7) is 0. The van der Waals surface area contributed by atoms with Crippen LogP contribution in [0.5, 0.6) is 0 Å². The van der Waals surface area contributed by atoms with E-state index < -0.39 is 0 Å². The fourth-order valence-corrected chi connectivity index (χ4v) is 7.26. The maximum atomic E-state index is 2.38. The van der Waals surface area contributed by atoms with Gasteiger partial charge in [-0.05, 0) is 109 Å². The maximum Gasteiger partial charge on any atom is 0.0540 e. The third-order valence-electron chi connectivity index (χ3n) is 9.85. The standard InChI is InChI=1S/C50H35N/c1-3-13-36(14-4-1)38-25-29-45(30-26-38)51(50-22-12-11-21-47(50)39-16-5-2-6-17-39)46-31-27-40(28-32-46)48-34-42-19-9-10-20-43(42)35-49(48)44-24-23-37-15-7-8-18-41(37)33-44/h1-35H. The van der Waals surface area contributed by atoms with Gasteiger partial charge in [0, 0.05) is 16.9 Å². The van der Waals surface area contributed by atoms with Gasteiger partial charge < -0.3 is 4.90 Å². The Hall–Kier alpha value is -6.70. The van der Waals surface area contributed by atoms with E-state index in [1.165, 1.54) is 66.1 Å². The Morgan fingerprint density at radius 3 is 1.27 bits per heavy atom. The predicted octanol–water partition coefficient (Wildman–Crippen LogP) is 14.1. The van der Waals surface area contributed by atoms with E-state index >= 15 is 0 Å². The Morgan fingerprint density at radius 2 is 0.647 bits per heavy atom. The summed E-state index contributed by atoms with van der Waals surface area (Å²) in [5, 5.41) is 4.97. The third kappa shape index (κ3) is 5.96. The van der Waals surface area contributed by atoms with Crippen molar-refractivity contribution in [1.82, 2.24) is 0 Å². The topological polar surface area (TPSA) is 3.24 Å². The lowest BCUT2D eigenvalue weighted by Crippen LogP contribution is -2.11. The molecule has 1 heteroatoms. The molecule has 0 heterocycles. The molecule has 9 aromatic carbocycles. The lowest BCUT2D eigenvalue weighted by Gasteiger charge is -2.28. The van der Waals surface area contributed by atoms with Gasteiger partial charge >= 0.3 is 0 Å². The lowest BCUT2D eigenvalue weighted by atomic mass is 9.90. The zero-order valence-corrected chi connectivity index (χ0v) is 28.2. The highest BCUT2D eigenvalue weighted by Gasteiger charge is 2.18. The van der Waals surface area contributed by atoms with Crippen molar-refractivity contribution >= 4 is 38.6 Å². The van der Waals surface area contributed by atoms with Crippen LogP contribution in [0.15, 0.2) is 212 Å². The molecule has 51 heavy (non-hydrogen) atoms. The highest BCUT2D eigenvalue weighted by Crippen LogP contribution is 2.43. The molecule has 0 fully saturated rings. The number of anilines is 3. The Labute approximate surface area is 299 Å². The average Bonchev–Trinajstić information content (AvgIpc) is 3.22. The van der Waals surface area contributed by atoms with Crippen LogP contribution < -0.4 is 4.90 Å². The molecule has 0 saturated heterocycles. The molecule has 9 rings (SSSR count). The van der Waals surface area contributed by atoms with Gasteiger partial charge in [0.25, 0.3) is 0 Å². The minimum atomic E-state index is 1.10. The summed E-state index contributed by atoms with van der Waals surface area (Å²) < 4.78 is 0. The molecule has 0 radical (unpaired) electrons. The average molecular weight is 650 g/mol. The second kappa shape index (κ2) is 13.3. The molecule has 0 saturated carbocycles. The van der Waals surface area contributed by atoms with Crippen molar-refractivity contribution < 1.29 is 0 Å². The van der Waals surface area contributed by atoms with Gasteiger partial charge in [-0.1, -0.05) is 164 Å². The summed E-state index contributed by atoms with van der Waals surface area (Å²) in [6, 6.07) is 76.7. The first-order chi connectivity index (χ1) is 25.3. The van der Waals surface area contributed by atoms with Crippen LogP contribution in [0.1, 0.15) is 0 Å². The SMILES string of the molecule is c1ccc(-c2ccc(N(c3ccc(-c4cc5ccccc5cc4-c4ccc5ccccc5c4)cc3)c3ccccc3-c3ccccc3)cc2)cc1. The quantitative estimate of drug-likeness (QED) is 0.166. The molecule has 1 nitrogen and oxygen atoms in total. The number of para-hydroxylation sites is 1. The lowest BCUT2D eigenvalue weighted by molar-refractivity contribution is 1.28. The number of fused-ring (bicyclic) bond motifs is 2. The highest BCUT2D eigenvalue weighted by atomic mass is 15.1. The van der Waals surface area contributed by atoms with Crippen LogP contribution in [-0.4, -0.2) is 0 Å². The Morgan fingerprint density at radius 1 is 0.235 bits per heavy atom. The predicted molar refractivity (Wildman–Crippen MR) is 218 cm³/mol. The third-order valence-corrected chi connectivity index (χ3v) is 9.85. The Kier molecular flexibility index (Phi) is 7.92. The van der Waals surface area contributed by atoms with Crippen molar-refractivity contribution in [2.45, 2.75) is 0 Å². The van der Waals surface area contributed by atoms with Gasteiger partial charge in [-0.15, -0.1) is 0 Å². The first-order valence-electron chi connectivity index (χ1n) is 17.5. The molecule has 240 valence electrons. The van der Waals surface area contributed by atoms with E-state index in [1.807, 2.05) is 0 Å². The molecule has 0 aliphatic heterocycles. The molecule has 0 atom stereocenters. The van der Waals surface area contributed by atoms with Crippen LogP contribution in [-0.2, 0) is 0 Å². The molecule has 0 unspecified atom stereocenters. The van der Waals surface area contributed by atoms with E-state index in [9.17, 15) is 0 Å². The smallest absolute Gasteiger partial charge is 0.0540 e. The minimum Gasteiger partial charge on any atom is -0.310 e. The molecule has 0 aromatic heterocycles. The zero-order valence-electron chi connectivity index (χ0n) is 28.2. The van der Waals surface area contributed by atoms with E-state index in [2.05, 4.69) is 217 Å². The first-order valence-corrected chi connectivity index (χ1v) is 17.5. The van der Waals surface area contributed by atoms with E-state index in [0.717, 1.165) is 17.1 Å². The van der Waals surface area contributed by atoms with Crippen molar-refractivity contribution in [3.05, 3.63) is 212 Å². The number of hydrogen-bond donors (Lipinski definition) is 0. The highest BCUT2D eigenvalue weighted by molar-refractivity contribution is 5.99. The summed E-state index contributed by atoms with van der Waals surface area (Å²) in [6.07, 6.45) is 0. The molecule has 0 aliphatic rings. The molecule has 0 aliphatic carbocycles. The van der Waals surface area contributed by atoms with Gasteiger partial charge in [-0.3, -0.25) is 0 Å². The number of benzene rings is 9. The molecular formula is C50H35N. The van der Waals surface area contributed by atoms with Crippen LogP contribution in [0, 0.1) is 0 Å². The molecule has 9 aromatic rings. The summed E-state index contributed by atoms with van der Waals surface area (Å²) in [4.78, 5) is 2.38. The van der Waals surface area contributed by atoms with Crippen LogP contribution in [0.3, 0.4) is 0 Å². The minimum absolute atomic E-state index is 1.10. The van der Waals surface area contributed by atoms with E-state index in [4.69, 9.17) is 0 Å². The fourth-order valence-electron chi connectivity index (χ4n) is 7.26. The molecular weight excluding hydrogens is 615 g/mol. The van der Waals surface area contributed by atoms with Gasteiger partial charge in [-0.25, -0.2) is 0 Å². The molecule has 0 amide bonds. The Bertz CT molecular complexity index is 2600. The molecule has 0 spiro atoms. The second-order valence-electron chi connectivity index (χ2n) is 13.0. The number of hydrogen-bond acceptors (Lipinski definition) is 1. The molecule has 0 N–H and O–H groups in total. The Balaban J connectivity index is 1.18. The van der Waals surface area contributed by atoms with Crippen molar-refractivity contribution in [2.24, 2.45) is 0 Å². The zero-order chi connectivity index (χ0) is 34.0. The normalized spacial score (nSPS) is 11.1. The summed E-state index contributed by atoms with van der Waals surface area (Å²) in [7, 11) is 0. The van der Waals surface area contributed by atoms with Crippen LogP contribution >= 0.6 is 0 Å². The monoisotopic (exact) mass is 649 g/mol. The van der Waals surface area contributed by atoms with Crippen molar-refractivity contribution in [3.8, 4) is 44.5 Å². The van der Waals surface area contributed by atoms with Gasteiger partial charge in [0.15, 0.2) is 0 Å². The maximum absolute atomic E-state index is 2.38. The van der Waals surface area contributed by atoms with Crippen molar-refractivity contribution in [3.63, 3.8) is 0 Å². The van der Waals surface area contributed by atoms with E-state index in [0.29, 0.717) is 0 Å². The second-order valence-corrected chi connectivity index (χ2v) is 13.0. The first kappa shape index (κ1) is 30.4. The van der Waals surface area contributed by atoms with Crippen LogP contribution in [0.2, 0.25) is 0 Å². The number of nitrogens with zero attached hydrogens (tertiary/aromatic N) is 1. The van der Waals surface area contributed by atoms with Crippen molar-refractivity contribution in [2.75, 3.05) is 4.90 Å². The summed E-state index contributed by atoms with van der Waals surface area (Å²) in [5.41, 5.74) is 13.0. The van der Waals surface area contributed by atoms with E-state index in [-0.39, 0.29) is 0 Å². The van der Waals surface area contributed by atoms with Gasteiger partial charge in [0.2, 0.25) is 0 Å². The van der Waals surface area contributed by atoms with E-state index in [1.54, 1.807) is 0 Å². The van der Waals surface area contributed by atoms with Crippen molar-refractivity contribution in [1.29, 1.82) is 0 Å². The van der Waals surface area contributed by atoms with Gasteiger partial charge in [0.05, 0.1) is 5.69 Å². The fraction of sp³-hybridized carbons (Fsp3) is 0. The van der Waals surface area contributed by atoms with Crippen LogP contribution in [0.25, 0.3) is 66.1 Å². The van der Waals surface area contributed by atoms with Gasteiger partial charge in [-0.2, -0.15) is 0 Å². The number of rotatable bonds is 7. The summed E-state index contributed by atoms with van der Waals surface area (Å²) >= 11 is 0. The molecule has 0 bridgehead atoms.